The van der Waals surface area contributed by atoms with Crippen LogP contribution in [0.1, 0.15) is 104 Å². The molecule has 0 aromatic heterocycles. The Labute approximate surface area is 294 Å². The third-order valence-electron chi connectivity index (χ3n) is 6.56. The minimum absolute atomic E-state index is 0.0513. The normalized spacial score (nSPS) is 15.1. The number of phosphoric acid groups is 1. The highest BCUT2D eigenvalue weighted by molar-refractivity contribution is 7.47. The number of carbonyl (C=O) groups is 2. The number of phosphoric ester groups is 1. The lowest BCUT2D eigenvalue weighted by molar-refractivity contribution is -0.161. The monoisotopic (exact) mass is 708 g/mol. The summed E-state index contributed by atoms with van der Waals surface area (Å²) in [6, 6.07) is 0. The van der Waals surface area contributed by atoms with Crippen molar-refractivity contribution in [1.29, 1.82) is 0 Å². The van der Waals surface area contributed by atoms with Crippen LogP contribution in [0.2, 0.25) is 0 Å². The molecule has 11 heteroatoms. The van der Waals surface area contributed by atoms with E-state index in [2.05, 4.69) is 85.2 Å². The van der Waals surface area contributed by atoms with E-state index < -0.39 is 51.8 Å². The number of unbranched alkanes of at least 4 members (excludes halogenated alkanes) is 3. The Bertz CT molecular complexity index is 1090. The highest BCUT2D eigenvalue weighted by atomic mass is 31.2. The quantitative estimate of drug-likeness (QED) is 0.0278. The molecule has 0 rings (SSSR count). The van der Waals surface area contributed by atoms with Gasteiger partial charge in [0.25, 0.3) is 0 Å². The smallest absolute Gasteiger partial charge is 0.462 e. The van der Waals surface area contributed by atoms with E-state index in [4.69, 9.17) is 19.1 Å². The number of aliphatic hydroxyl groups is 2. The Balaban J connectivity index is 4.60. The molecule has 0 amide bonds. The molecule has 0 radical (unpaired) electrons. The molecular weight excluding hydrogens is 647 g/mol. The number of allylic oxidation sites excluding steroid dienone is 14. The predicted molar refractivity (Wildman–Crippen MR) is 196 cm³/mol. The SMILES string of the molecule is CC/C=C\C/C=C\C/C=C\C/C=C\CCC(=O)OC(COC(=O)CCCCC/C=C\C/C=C\C/C=C\CC)COP(=O)(O)OCC(O)CO. The summed E-state index contributed by atoms with van der Waals surface area (Å²) >= 11 is 0. The molecule has 0 aromatic rings. The van der Waals surface area contributed by atoms with Crippen molar-refractivity contribution in [2.75, 3.05) is 26.4 Å². The van der Waals surface area contributed by atoms with Crippen LogP contribution < -0.4 is 0 Å². The average molecular weight is 709 g/mol. The molecule has 3 atom stereocenters. The van der Waals surface area contributed by atoms with Crippen LogP contribution in [-0.2, 0) is 32.7 Å². The average Bonchev–Trinajstić information content (AvgIpc) is 3.09. The van der Waals surface area contributed by atoms with Crippen LogP contribution >= 0.6 is 7.82 Å². The lowest BCUT2D eigenvalue weighted by Crippen LogP contribution is -2.29. The summed E-state index contributed by atoms with van der Waals surface area (Å²) in [6.07, 6.45) is 37.3. The first-order valence-electron chi connectivity index (χ1n) is 17.5. The molecule has 0 heterocycles. The van der Waals surface area contributed by atoms with Crippen LogP contribution in [0.25, 0.3) is 0 Å². The maximum atomic E-state index is 12.5. The molecule has 0 bridgehead atoms. The lowest BCUT2D eigenvalue weighted by Gasteiger charge is -2.20. The number of carbonyl (C=O) groups excluding carboxylic acids is 2. The Hall–Kier alpha value is -2.85. The van der Waals surface area contributed by atoms with Gasteiger partial charge in [0, 0.05) is 12.8 Å². The first-order valence-corrected chi connectivity index (χ1v) is 19.0. The zero-order chi connectivity index (χ0) is 36.3. The van der Waals surface area contributed by atoms with E-state index >= 15 is 0 Å². The summed E-state index contributed by atoms with van der Waals surface area (Å²) < 4.78 is 32.4. The molecule has 0 aromatic carbocycles. The van der Waals surface area contributed by atoms with Crippen molar-refractivity contribution in [3.63, 3.8) is 0 Å². The summed E-state index contributed by atoms with van der Waals surface area (Å²) in [7, 11) is -4.64. The molecule has 0 saturated carbocycles. The molecule has 278 valence electrons. The molecule has 3 unspecified atom stereocenters. The van der Waals surface area contributed by atoms with E-state index in [0.717, 1.165) is 64.2 Å². The summed E-state index contributed by atoms with van der Waals surface area (Å²) in [5.41, 5.74) is 0. The van der Waals surface area contributed by atoms with E-state index in [-0.39, 0.29) is 19.4 Å². The van der Waals surface area contributed by atoms with Gasteiger partial charge in [0.05, 0.1) is 19.8 Å². The molecule has 49 heavy (non-hydrogen) atoms. The van der Waals surface area contributed by atoms with Crippen molar-refractivity contribution in [2.24, 2.45) is 0 Å². The van der Waals surface area contributed by atoms with Crippen molar-refractivity contribution >= 4 is 19.8 Å². The second kappa shape index (κ2) is 33.6. The highest BCUT2D eigenvalue weighted by Gasteiger charge is 2.27. The molecular formula is C38H61O10P. The molecule has 0 spiro atoms. The van der Waals surface area contributed by atoms with Gasteiger partial charge in [-0.1, -0.05) is 105 Å². The Morgan fingerprint density at radius 1 is 0.612 bits per heavy atom. The van der Waals surface area contributed by atoms with Crippen molar-refractivity contribution < 1.29 is 47.8 Å². The zero-order valence-corrected chi connectivity index (χ0v) is 30.5. The Morgan fingerprint density at radius 2 is 1.10 bits per heavy atom. The van der Waals surface area contributed by atoms with E-state index in [1.165, 1.54) is 0 Å². The van der Waals surface area contributed by atoms with Gasteiger partial charge in [-0.25, -0.2) is 4.57 Å². The van der Waals surface area contributed by atoms with Gasteiger partial charge in [0.1, 0.15) is 12.7 Å². The van der Waals surface area contributed by atoms with E-state index in [1.807, 2.05) is 18.2 Å². The maximum absolute atomic E-state index is 12.5. The first-order chi connectivity index (χ1) is 23.7. The number of aliphatic hydroxyl groups excluding tert-OH is 2. The topological polar surface area (TPSA) is 149 Å². The van der Waals surface area contributed by atoms with Gasteiger partial charge < -0.3 is 24.6 Å². The van der Waals surface area contributed by atoms with Gasteiger partial charge in [-0.05, 0) is 70.6 Å². The number of rotatable bonds is 31. The molecule has 0 aliphatic rings. The summed E-state index contributed by atoms with van der Waals surface area (Å²) in [4.78, 5) is 34.7. The number of hydrogen-bond donors (Lipinski definition) is 3. The molecule has 10 nitrogen and oxygen atoms in total. The van der Waals surface area contributed by atoms with Crippen LogP contribution in [0.3, 0.4) is 0 Å². The van der Waals surface area contributed by atoms with Crippen molar-refractivity contribution in [3.8, 4) is 0 Å². The summed E-state index contributed by atoms with van der Waals surface area (Å²) in [6.45, 7) is 1.97. The third-order valence-corrected chi connectivity index (χ3v) is 7.51. The number of hydrogen-bond acceptors (Lipinski definition) is 9. The molecule has 0 saturated heterocycles. The summed E-state index contributed by atoms with van der Waals surface area (Å²) in [5, 5.41) is 18.2. The largest absolute Gasteiger partial charge is 0.472 e. The fraction of sp³-hybridized carbons (Fsp3) is 0.579. The van der Waals surface area contributed by atoms with Gasteiger partial charge in [0.15, 0.2) is 6.10 Å². The minimum Gasteiger partial charge on any atom is -0.462 e. The standard InChI is InChI=1S/C38H61O10P/c1-3-5-7-9-11-13-15-17-19-21-23-25-27-29-37(41)45-33-36(34-47-49(43,44)46-32-35(40)31-39)48-38(42)30-28-26-24-22-20-18-16-14-12-10-8-6-4-2/h5-8,11-14,17-20,24,26,35-36,39-40H,3-4,9-10,15-16,21-23,25,27-34H2,1-2H3,(H,43,44)/b7-5-,8-6-,13-11-,14-12-,19-17-,20-18-,26-24-. The fourth-order valence-corrected chi connectivity index (χ4v) is 4.69. The molecule has 0 aliphatic heterocycles. The van der Waals surface area contributed by atoms with Gasteiger partial charge in [-0.2, -0.15) is 0 Å². The lowest BCUT2D eigenvalue weighted by atomic mass is 10.1. The second-order valence-corrected chi connectivity index (χ2v) is 12.6. The van der Waals surface area contributed by atoms with E-state index in [1.54, 1.807) is 0 Å². The van der Waals surface area contributed by atoms with E-state index in [0.29, 0.717) is 12.8 Å². The van der Waals surface area contributed by atoms with Crippen molar-refractivity contribution in [3.05, 3.63) is 85.1 Å². The molecule has 3 N–H and O–H groups in total. The highest BCUT2D eigenvalue weighted by Crippen LogP contribution is 2.43. The molecule has 0 fully saturated rings. The minimum atomic E-state index is -4.64. The number of ether oxygens (including phenoxy) is 2. The Morgan fingerprint density at radius 3 is 1.63 bits per heavy atom. The predicted octanol–water partition coefficient (Wildman–Crippen LogP) is 8.32. The summed E-state index contributed by atoms with van der Waals surface area (Å²) in [5.74, 6) is -1.07. The maximum Gasteiger partial charge on any atom is 0.472 e. The van der Waals surface area contributed by atoms with Gasteiger partial charge in [-0.15, -0.1) is 0 Å². The Kier molecular flexibility index (Phi) is 31.7. The van der Waals surface area contributed by atoms with Crippen LogP contribution in [0.4, 0.5) is 0 Å². The van der Waals surface area contributed by atoms with Gasteiger partial charge in [-0.3, -0.25) is 18.6 Å². The molecule has 0 aliphatic carbocycles. The van der Waals surface area contributed by atoms with Gasteiger partial charge >= 0.3 is 19.8 Å². The van der Waals surface area contributed by atoms with Crippen molar-refractivity contribution in [2.45, 2.75) is 116 Å². The zero-order valence-electron chi connectivity index (χ0n) is 29.6. The fourth-order valence-electron chi connectivity index (χ4n) is 3.90. The van der Waals surface area contributed by atoms with Crippen molar-refractivity contribution in [1.82, 2.24) is 0 Å². The van der Waals surface area contributed by atoms with Crippen LogP contribution in [0, 0.1) is 0 Å². The third kappa shape index (κ3) is 33.4. The van der Waals surface area contributed by atoms with Crippen LogP contribution in [-0.4, -0.2) is 65.7 Å². The van der Waals surface area contributed by atoms with Crippen LogP contribution in [0.5, 0.6) is 0 Å². The van der Waals surface area contributed by atoms with Gasteiger partial charge in [0.2, 0.25) is 0 Å². The number of esters is 2. The first kappa shape index (κ1) is 46.1. The van der Waals surface area contributed by atoms with Crippen LogP contribution in [0.15, 0.2) is 85.1 Å². The van der Waals surface area contributed by atoms with E-state index in [9.17, 15) is 24.2 Å². The second-order valence-electron chi connectivity index (χ2n) is 11.1.